The first-order chi connectivity index (χ1) is 6.86. The maximum atomic E-state index is 10.9. The molecule has 0 fully saturated rings. The van der Waals surface area contributed by atoms with Crippen LogP contribution in [0.3, 0.4) is 0 Å². The summed E-state index contributed by atoms with van der Waals surface area (Å²) in [5.74, 6) is -4.14. The van der Waals surface area contributed by atoms with E-state index in [9.17, 15) is 14.4 Å². The van der Waals surface area contributed by atoms with E-state index in [1.165, 1.54) is 0 Å². The lowest BCUT2D eigenvalue weighted by atomic mass is 9.79. The molecule has 0 atom stereocenters. The van der Waals surface area contributed by atoms with Crippen LogP contribution in [0.4, 0.5) is 0 Å². The molecule has 86 valence electrons. The molecule has 0 aliphatic heterocycles. The van der Waals surface area contributed by atoms with Gasteiger partial charge in [0, 0.05) is 6.42 Å². The van der Waals surface area contributed by atoms with E-state index in [0.717, 1.165) is 0 Å². The molecule has 15 heavy (non-hydrogen) atoms. The Kier molecular flexibility index (Phi) is 4.77. The molecule has 0 spiro atoms. The summed E-state index contributed by atoms with van der Waals surface area (Å²) in [5.41, 5.74) is -1.97. The Labute approximate surface area is 86.5 Å². The van der Waals surface area contributed by atoms with E-state index < -0.39 is 29.7 Å². The number of hydrogen-bond donors (Lipinski definition) is 3. The highest BCUT2D eigenvalue weighted by Crippen LogP contribution is 2.30. The maximum absolute atomic E-state index is 10.9. The van der Waals surface area contributed by atoms with E-state index in [1.54, 1.807) is 6.92 Å². The van der Waals surface area contributed by atoms with Crippen LogP contribution in [0.25, 0.3) is 0 Å². The Morgan fingerprint density at radius 3 is 1.73 bits per heavy atom. The number of carboxylic acid groups (broad SMARTS) is 3. The molecular weight excluding hydrogens is 204 g/mol. The van der Waals surface area contributed by atoms with Gasteiger partial charge in [0.2, 0.25) is 0 Å². The summed E-state index contributed by atoms with van der Waals surface area (Å²) in [7, 11) is 0. The van der Waals surface area contributed by atoms with Crippen molar-refractivity contribution in [1.82, 2.24) is 0 Å². The first kappa shape index (κ1) is 13.4. The number of carbonyl (C=O) groups is 3. The quantitative estimate of drug-likeness (QED) is 0.545. The van der Waals surface area contributed by atoms with Crippen molar-refractivity contribution in [3.05, 3.63) is 0 Å². The van der Waals surface area contributed by atoms with E-state index in [0.29, 0.717) is 6.42 Å². The van der Waals surface area contributed by atoms with E-state index in [-0.39, 0.29) is 12.8 Å². The molecule has 0 amide bonds. The monoisotopic (exact) mass is 218 g/mol. The Morgan fingerprint density at radius 2 is 1.47 bits per heavy atom. The van der Waals surface area contributed by atoms with Crippen molar-refractivity contribution in [2.45, 2.75) is 32.6 Å². The van der Waals surface area contributed by atoms with Crippen molar-refractivity contribution >= 4 is 17.9 Å². The van der Waals surface area contributed by atoms with Gasteiger partial charge in [-0.3, -0.25) is 14.4 Å². The van der Waals surface area contributed by atoms with Gasteiger partial charge in [0.15, 0.2) is 5.41 Å². The van der Waals surface area contributed by atoms with Gasteiger partial charge in [-0.2, -0.15) is 0 Å². The average molecular weight is 218 g/mol. The molecule has 0 aromatic heterocycles. The topological polar surface area (TPSA) is 112 Å². The van der Waals surface area contributed by atoms with E-state index in [1.807, 2.05) is 0 Å². The lowest BCUT2D eigenvalue weighted by Crippen LogP contribution is -2.39. The predicted octanol–water partition coefficient (Wildman–Crippen LogP) is 0.807. The molecule has 3 N–H and O–H groups in total. The minimum atomic E-state index is -1.97. The highest BCUT2D eigenvalue weighted by molar-refractivity contribution is 5.98. The van der Waals surface area contributed by atoms with E-state index in [2.05, 4.69) is 0 Å². The van der Waals surface area contributed by atoms with Crippen LogP contribution in [0, 0.1) is 5.41 Å². The van der Waals surface area contributed by atoms with Crippen LogP contribution >= 0.6 is 0 Å². The summed E-state index contributed by atoms with van der Waals surface area (Å²) in [6.45, 7) is 1.65. The van der Waals surface area contributed by atoms with Crippen LogP contribution in [0.15, 0.2) is 0 Å². The highest BCUT2D eigenvalue weighted by Gasteiger charge is 2.45. The van der Waals surface area contributed by atoms with Crippen LogP contribution in [0.5, 0.6) is 0 Å². The second-order valence-corrected chi connectivity index (χ2v) is 3.34. The Balaban J connectivity index is 4.87. The molecule has 0 aliphatic carbocycles. The van der Waals surface area contributed by atoms with Gasteiger partial charge in [-0.25, -0.2) is 0 Å². The fourth-order valence-corrected chi connectivity index (χ4v) is 1.39. The molecule has 6 nitrogen and oxygen atoms in total. The molecular formula is C9H14O6. The standard InChI is InChI=1S/C9H14O6/c1-2-4-9(7(12)13,8(14)15)5-3-6(10)11/h2-5H2,1H3,(H,10,11)(H,12,13)(H,14,15). The number of aliphatic carboxylic acids is 3. The van der Waals surface area contributed by atoms with Gasteiger partial charge in [0.1, 0.15) is 0 Å². The van der Waals surface area contributed by atoms with Gasteiger partial charge < -0.3 is 15.3 Å². The lowest BCUT2D eigenvalue weighted by Gasteiger charge is -2.23. The van der Waals surface area contributed by atoms with Crippen LogP contribution in [0.2, 0.25) is 0 Å². The predicted molar refractivity (Wildman–Crippen MR) is 49.5 cm³/mol. The van der Waals surface area contributed by atoms with Crippen LogP contribution < -0.4 is 0 Å². The Bertz CT molecular complexity index is 256. The van der Waals surface area contributed by atoms with Crippen LogP contribution in [0.1, 0.15) is 32.6 Å². The second-order valence-electron chi connectivity index (χ2n) is 3.34. The fourth-order valence-electron chi connectivity index (χ4n) is 1.39. The van der Waals surface area contributed by atoms with E-state index >= 15 is 0 Å². The molecule has 0 rings (SSSR count). The molecule has 0 saturated heterocycles. The smallest absolute Gasteiger partial charge is 0.321 e. The van der Waals surface area contributed by atoms with Crippen molar-refractivity contribution in [3.63, 3.8) is 0 Å². The van der Waals surface area contributed by atoms with Crippen LogP contribution in [-0.4, -0.2) is 33.2 Å². The third-order valence-corrected chi connectivity index (χ3v) is 2.26. The Morgan fingerprint density at radius 1 is 1.00 bits per heavy atom. The number of carboxylic acids is 3. The van der Waals surface area contributed by atoms with Crippen molar-refractivity contribution < 1.29 is 29.7 Å². The SMILES string of the molecule is CCCC(CCC(=O)O)(C(=O)O)C(=O)O. The largest absolute Gasteiger partial charge is 0.481 e. The van der Waals surface area contributed by atoms with Crippen molar-refractivity contribution in [2.75, 3.05) is 0 Å². The Hall–Kier alpha value is -1.59. The summed E-state index contributed by atoms with van der Waals surface area (Å²) in [6, 6.07) is 0. The van der Waals surface area contributed by atoms with Crippen LogP contribution in [-0.2, 0) is 14.4 Å². The number of rotatable bonds is 7. The van der Waals surface area contributed by atoms with Gasteiger partial charge in [0.05, 0.1) is 0 Å². The summed E-state index contributed by atoms with van der Waals surface area (Å²) >= 11 is 0. The zero-order chi connectivity index (χ0) is 12.1. The average Bonchev–Trinajstić information content (AvgIpc) is 2.10. The molecule has 0 saturated carbocycles. The molecule has 0 unspecified atom stereocenters. The zero-order valence-corrected chi connectivity index (χ0v) is 8.39. The molecule has 0 heterocycles. The lowest BCUT2D eigenvalue weighted by molar-refractivity contribution is -0.166. The van der Waals surface area contributed by atoms with Crippen molar-refractivity contribution in [2.24, 2.45) is 5.41 Å². The molecule has 0 aromatic rings. The van der Waals surface area contributed by atoms with E-state index in [4.69, 9.17) is 15.3 Å². The summed E-state index contributed by atoms with van der Waals surface area (Å²) < 4.78 is 0. The highest BCUT2D eigenvalue weighted by atomic mass is 16.4. The molecule has 0 radical (unpaired) electrons. The first-order valence-corrected chi connectivity index (χ1v) is 4.55. The maximum Gasteiger partial charge on any atom is 0.321 e. The van der Waals surface area contributed by atoms with Crippen molar-refractivity contribution in [3.8, 4) is 0 Å². The summed E-state index contributed by atoms with van der Waals surface area (Å²) in [4.78, 5) is 32.1. The third kappa shape index (κ3) is 3.23. The number of hydrogen-bond acceptors (Lipinski definition) is 3. The molecule has 6 heteroatoms. The molecule has 0 bridgehead atoms. The third-order valence-electron chi connectivity index (χ3n) is 2.26. The summed E-state index contributed by atoms with van der Waals surface area (Å²) in [5, 5.41) is 26.2. The van der Waals surface area contributed by atoms with Gasteiger partial charge in [-0.15, -0.1) is 0 Å². The fraction of sp³-hybridized carbons (Fsp3) is 0.667. The van der Waals surface area contributed by atoms with Gasteiger partial charge in [-0.05, 0) is 12.8 Å². The van der Waals surface area contributed by atoms with Gasteiger partial charge in [-0.1, -0.05) is 13.3 Å². The molecule has 0 aliphatic rings. The van der Waals surface area contributed by atoms with Gasteiger partial charge >= 0.3 is 17.9 Å². The first-order valence-electron chi connectivity index (χ1n) is 4.55. The minimum Gasteiger partial charge on any atom is -0.481 e. The van der Waals surface area contributed by atoms with Gasteiger partial charge in [0.25, 0.3) is 0 Å². The normalized spacial score (nSPS) is 11.0. The van der Waals surface area contributed by atoms with Crippen molar-refractivity contribution in [1.29, 1.82) is 0 Å². The summed E-state index contributed by atoms with van der Waals surface area (Å²) in [6.07, 6.45) is -0.539. The zero-order valence-electron chi connectivity index (χ0n) is 8.39. The minimum absolute atomic E-state index is 0.0645. The molecule has 0 aromatic carbocycles. The second kappa shape index (κ2) is 5.33.